The molecule has 1 amide bonds. The number of pyridine rings is 1. The fraction of sp³-hybridized carbons (Fsp3) is 0.400. The molecule has 1 N–H and O–H groups in total. The first-order valence-corrected chi connectivity index (χ1v) is 8.52. The van der Waals surface area contributed by atoms with E-state index in [9.17, 15) is 10.0 Å². The summed E-state index contributed by atoms with van der Waals surface area (Å²) in [5, 5.41) is 15.2. The summed E-state index contributed by atoms with van der Waals surface area (Å²) in [6.45, 7) is 11.8. The summed E-state index contributed by atoms with van der Waals surface area (Å²) in [7, 11) is 0. The number of aryl methyl sites for hydroxylation is 4. The Hall–Kier alpha value is -2.56. The zero-order chi connectivity index (χ0) is 18.7. The zero-order valence-corrected chi connectivity index (χ0v) is 15.8. The molecule has 2 rings (SSSR count). The summed E-state index contributed by atoms with van der Waals surface area (Å²) in [5.74, 6) is 0.118. The van der Waals surface area contributed by atoms with E-state index in [1.54, 1.807) is 19.9 Å². The SMILES string of the molecule is CCCOc1cc(C)[n+]([O-])c(C)c1C(=O)Nc1c(C)cc(C)cc1C. The number of anilines is 1. The second-order valence-electron chi connectivity index (χ2n) is 6.48. The minimum Gasteiger partial charge on any atom is -0.618 e. The molecular formula is C20H26N2O3. The molecule has 1 aromatic carbocycles. The fourth-order valence-electron chi connectivity index (χ4n) is 3.02. The summed E-state index contributed by atoms with van der Waals surface area (Å²) < 4.78 is 6.49. The molecule has 5 nitrogen and oxygen atoms in total. The van der Waals surface area contributed by atoms with Gasteiger partial charge < -0.3 is 15.3 Å². The Balaban J connectivity index is 2.47. The lowest BCUT2D eigenvalue weighted by Gasteiger charge is -2.17. The first-order valence-electron chi connectivity index (χ1n) is 8.52. The number of nitrogens with zero attached hydrogens (tertiary/aromatic N) is 1. The van der Waals surface area contributed by atoms with Crippen molar-refractivity contribution < 1.29 is 14.3 Å². The third-order valence-corrected chi connectivity index (χ3v) is 4.18. The lowest BCUT2D eigenvalue weighted by molar-refractivity contribution is -0.619. The highest BCUT2D eigenvalue weighted by Crippen LogP contribution is 2.26. The average molecular weight is 342 g/mol. The van der Waals surface area contributed by atoms with Crippen LogP contribution < -0.4 is 14.8 Å². The number of amides is 1. The summed E-state index contributed by atoms with van der Waals surface area (Å²) in [5.41, 5.74) is 5.02. The largest absolute Gasteiger partial charge is 0.618 e. The highest BCUT2D eigenvalue weighted by Gasteiger charge is 2.25. The third kappa shape index (κ3) is 3.92. The van der Waals surface area contributed by atoms with E-state index >= 15 is 0 Å². The summed E-state index contributed by atoms with van der Waals surface area (Å²) >= 11 is 0. The number of hydrogen-bond acceptors (Lipinski definition) is 3. The van der Waals surface area contributed by atoms with Gasteiger partial charge in [0.2, 0.25) is 5.69 Å². The fourth-order valence-corrected chi connectivity index (χ4v) is 3.02. The number of nitrogens with one attached hydrogen (secondary N) is 1. The monoisotopic (exact) mass is 342 g/mol. The maximum atomic E-state index is 12.9. The van der Waals surface area contributed by atoms with E-state index in [0.29, 0.717) is 23.7 Å². The average Bonchev–Trinajstić information content (AvgIpc) is 2.53. The van der Waals surface area contributed by atoms with Crippen molar-refractivity contribution in [1.82, 2.24) is 0 Å². The van der Waals surface area contributed by atoms with Crippen LogP contribution in [0.15, 0.2) is 18.2 Å². The molecule has 25 heavy (non-hydrogen) atoms. The van der Waals surface area contributed by atoms with Gasteiger partial charge in [-0.25, -0.2) is 0 Å². The van der Waals surface area contributed by atoms with Crippen LogP contribution in [0.5, 0.6) is 5.75 Å². The first-order chi connectivity index (χ1) is 11.8. The molecule has 1 heterocycles. The molecule has 5 heteroatoms. The lowest BCUT2D eigenvalue weighted by Crippen LogP contribution is -2.37. The van der Waals surface area contributed by atoms with Crippen molar-refractivity contribution in [2.24, 2.45) is 0 Å². The quantitative estimate of drug-likeness (QED) is 0.662. The van der Waals surface area contributed by atoms with Gasteiger partial charge in [0.1, 0.15) is 11.3 Å². The first kappa shape index (κ1) is 18.8. The van der Waals surface area contributed by atoms with Gasteiger partial charge >= 0.3 is 0 Å². The molecule has 0 saturated heterocycles. The summed E-state index contributed by atoms with van der Waals surface area (Å²) in [6.07, 6.45) is 0.821. The highest BCUT2D eigenvalue weighted by atomic mass is 16.5. The summed E-state index contributed by atoms with van der Waals surface area (Å²) in [6, 6.07) is 5.67. The predicted octanol–water partition coefficient (Wildman–Crippen LogP) is 3.90. The van der Waals surface area contributed by atoms with E-state index in [-0.39, 0.29) is 11.5 Å². The number of hydrogen-bond donors (Lipinski definition) is 1. The van der Waals surface area contributed by atoms with E-state index in [1.165, 1.54) is 0 Å². The molecule has 0 fully saturated rings. The molecule has 0 saturated carbocycles. The Bertz CT molecular complexity index is 790. The normalized spacial score (nSPS) is 10.6. The van der Waals surface area contributed by atoms with Gasteiger partial charge in [0.25, 0.3) is 5.91 Å². The van der Waals surface area contributed by atoms with Crippen LogP contribution in [0, 0.1) is 39.8 Å². The van der Waals surface area contributed by atoms with E-state index in [1.807, 2.05) is 39.8 Å². The van der Waals surface area contributed by atoms with Crippen molar-refractivity contribution >= 4 is 11.6 Å². The number of aromatic nitrogens is 1. The molecule has 2 aromatic rings. The smallest absolute Gasteiger partial charge is 0.265 e. The van der Waals surface area contributed by atoms with Crippen LogP contribution in [0.2, 0.25) is 0 Å². The lowest BCUT2D eigenvalue weighted by atomic mass is 10.0. The van der Waals surface area contributed by atoms with Crippen LogP contribution in [0.4, 0.5) is 5.69 Å². The van der Waals surface area contributed by atoms with Crippen molar-refractivity contribution in [3.8, 4) is 5.75 Å². The van der Waals surface area contributed by atoms with E-state index in [4.69, 9.17) is 4.74 Å². The highest BCUT2D eigenvalue weighted by molar-refractivity contribution is 6.07. The Morgan fingerprint density at radius 1 is 1.12 bits per heavy atom. The zero-order valence-electron chi connectivity index (χ0n) is 15.8. The van der Waals surface area contributed by atoms with Crippen molar-refractivity contribution in [2.75, 3.05) is 11.9 Å². The third-order valence-electron chi connectivity index (χ3n) is 4.18. The second kappa shape index (κ2) is 7.55. The van der Waals surface area contributed by atoms with Crippen LogP contribution in [0.25, 0.3) is 0 Å². The van der Waals surface area contributed by atoms with Gasteiger partial charge in [-0.1, -0.05) is 24.6 Å². The molecule has 0 radical (unpaired) electrons. The standard InChI is InChI=1S/C20H26N2O3/c1-7-8-25-17-11-15(5)22(24)16(6)18(17)20(23)21-19-13(3)9-12(2)10-14(19)4/h9-11H,7-8H2,1-6H3,(H,21,23). The molecule has 0 unspecified atom stereocenters. The van der Waals surface area contributed by atoms with E-state index < -0.39 is 0 Å². The second-order valence-corrected chi connectivity index (χ2v) is 6.48. The minimum atomic E-state index is -0.330. The number of benzene rings is 1. The van der Waals surface area contributed by atoms with Crippen molar-refractivity contribution in [3.63, 3.8) is 0 Å². The number of ether oxygens (including phenoxy) is 1. The van der Waals surface area contributed by atoms with Gasteiger partial charge in [0.05, 0.1) is 6.61 Å². The summed E-state index contributed by atoms with van der Waals surface area (Å²) in [4.78, 5) is 12.9. The van der Waals surface area contributed by atoms with Crippen LogP contribution in [0.3, 0.4) is 0 Å². The van der Waals surface area contributed by atoms with Crippen molar-refractivity contribution in [3.05, 3.63) is 57.0 Å². The maximum absolute atomic E-state index is 12.9. The molecule has 0 spiro atoms. The molecule has 0 atom stereocenters. The van der Waals surface area contributed by atoms with Crippen LogP contribution >= 0.6 is 0 Å². The Kier molecular flexibility index (Phi) is 5.67. The van der Waals surface area contributed by atoms with Crippen LogP contribution in [-0.2, 0) is 0 Å². The molecule has 0 aliphatic rings. The molecule has 0 aliphatic heterocycles. The van der Waals surface area contributed by atoms with E-state index in [2.05, 4.69) is 5.32 Å². The van der Waals surface area contributed by atoms with E-state index in [0.717, 1.165) is 33.5 Å². The van der Waals surface area contributed by atoms with Crippen LogP contribution in [-0.4, -0.2) is 12.5 Å². The Labute approximate surface area is 149 Å². The molecule has 134 valence electrons. The number of rotatable bonds is 5. The van der Waals surface area contributed by atoms with Gasteiger partial charge in [-0.2, -0.15) is 4.73 Å². The topological polar surface area (TPSA) is 65.3 Å². The maximum Gasteiger partial charge on any atom is 0.265 e. The van der Waals surface area contributed by atoms with Crippen molar-refractivity contribution in [2.45, 2.75) is 48.0 Å². The van der Waals surface area contributed by atoms with Gasteiger partial charge in [-0.15, -0.1) is 0 Å². The number of carbonyl (C=O) groups excluding carboxylic acids is 1. The minimum absolute atomic E-state index is 0.286. The van der Waals surface area contributed by atoms with Gasteiger partial charge in [-0.05, 0) is 38.3 Å². The van der Waals surface area contributed by atoms with Crippen LogP contribution in [0.1, 0.15) is 51.8 Å². The molecular weight excluding hydrogens is 316 g/mol. The molecule has 0 aliphatic carbocycles. The van der Waals surface area contributed by atoms with Crippen molar-refractivity contribution in [1.29, 1.82) is 0 Å². The van der Waals surface area contributed by atoms with Gasteiger partial charge in [0, 0.05) is 25.6 Å². The Morgan fingerprint density at radius 2 is 1.72 bits per heavy atom. The van der Waals surface area contributed by atoms with Gasteiger partial charge in [0.15, 0.2) is 5.69 Å². The van der Waals surface area contributed by atoms with Gasteiger partial charge in [-0.3, -0.25) is 4.79 Å². The molecule has 0 bridgehead atoms. The Morgan fingerprint density at radius 3 is 2.28 bits per heavy atom. The number of carbonyl (C=O) groups is 1. The molecule has 1 aromatic heterocycles. The predicted molar refractivity (Wildman–Crippen MR) is 99.3 cm³/mol.